The van der Waals surface area contributed by atoms with Crippen molar-refractivity contribution in [3.05, 3.63) is 46.5 Å². The van der Waals surface area contributed by atoms with Gasteiger partial charge in [-0.15, -0.1) is 0 Å². The van der Waals surface area contributed by atoms with Crippen molar-refractivity contribution in [2.24, 2.45) is 0 Å². The van der Waals surface area contributed by atoms with E-state index in [1.807, 2.05) is 4.90 Å². The summed E-state index contributed by atoms with van der Waals surface area (Å²) in [5.41, 5.74) is 0.255. The van der Waals surface area contributed by atoms with Gasteiger partial charge in [-0.1, -0.05) is 6.07 Å². The zero-order valence-electron chi connectivity index (χ0n) is 15.9. The second kappa shape index (κ2) is 8.10. The van der Waals surface area contributed by atoms with Crippen LogP contribution in [0.1, 0.15) is 29.6 Å². The predicted molar refractivity (Wildman–Crippen MR) is 104 cm³/mol. The maximum absolute atomic E-state index is 12.8. The van der Waals surface area contributed by atoms with Crippen LogP contribution in [0.5, 0.6) is 0 Å². The third-order valence-corrected chi connectivity index (χ3v) is 5.57. The van der Waals surface area contributed by atoms with Crippen molar-refractivity contribution < 1.29 is 9.59 Å². The van der Waals surface area contributed by atoms with Crippen LogP contribution in [-0.4, -0.2) is 81.7 Å². The van der Waals surface area contributed by atoms with E-state index in [2.05, 4.69) is 9.88 Å². The molecule has 0 saturated carbocycles. The van der Waals surface area contributed by atoms with E-state index in [1.54, 1.807) is 29.3 Å². The highest BCUT2D eigenvalue weighted by Crippen LogP contribution is 2.11. The van der Waals surface area contributed by atoms with Gasteiger partial charge in [-0.2, -0.15) is 0 Å². The molecule has 8 nitrogen and oxygen atoms in total. The predicted octanol–water partition coefficient (Wildman–Crippen LogP) is 0.465. The minimum atomic E-state index is -0.349. The lowest BCUT2D eigenvalue weighted by molar-refractivity contribution is -0.133. The number of hydrogen-bond donors (Lipinski definition) is 0. The summed E-state index contributed by atoms with van der Waals surface area (Å²) in [5.74, 6) is -0.116. The van der Waals surface area contributed by atoms with Gasteiger partial charge in [-0.3, -0.25) is 23.7 Å². The summed E-state index contributed by atoms with van der Waals surface area (Å²) in [4.78, 5) is 47.8. The summed E-state index contributed by atoms with van der Waals surface area (Å²) in [6, 6.07) is 5.27. The van der Waals surface area contributed by atoms with Crippen molar-refractivity contribution in [3.63, 3.8) is 0 Å². The number of aromatic nitrogens is 2. The van der Waals surface area contributed by atoms with Gasteiger partial charge in [0.25, 0.3) is 11.5 Å². The van der Waals surface area contributed by atoms with Crippen LogP contribution < -0.4 is 5.56 Å². The van der Waals surface area contributed by atoms with E-state index in [0.717, 1.165) is 25.9 Å². The number of pyridine rings is 1. The number of fused-ring (bicyclic) bond motifs is 1. The van der Waals surface area contributed by atoms with Crippen LogP contribution in [0.25, 0.3) is 5.65 Å². The highest BCUT2D eigenvalue weighted by molar-refractivity contribution is 5.93. The molecule has 2 amide bonds. The van der Waals surface area contributed by atoms with Gasteiger partial charge in [-0.25, -0.2) is 4.98 Å². The molecule has 4 heterocycles. The molecule has 0 aromatic carbocycles. The van der Waals surface area contributed by atoms with E-state index in [0.29, 0.717) is 38.4 Å². The molecule has 2 aliphatic heterocycles. The Labute approximate surface area is 163 Å². The Morgan fingerprint density at radius 2 is 1.68 bits per heavy atom. The number of amides is 2. The Hall–Kier alpha value is -2.74. The Bertz CT molecular complexity index is 927. The summed E-state index contributed by atoms with van der Waals surface area (Å²) < 4.78 is 1.39. The first-order chi connectivity index (χ1) is 13.6. The van der Waals surface area contributed by atoms with Crippen LogP contribution in [0.4, 0.5) is 0 Å². The maximum atomic E-state index is 12.8. The molecule has 2 fully saturated rings. The van der Waals surface area contributed by atoms with E-state index in [9.17, 15) is 14.4 Å². The summed E-state index contributed by atoms with van der Waals surface area (Å²) in [6.45, 7) is 4.39. The van der Waals surface area contributed by atoms with Crippen molar-refractivity contribution in [1.82, 2.24) is 24.1 Å². The van der Waals surface area contributed by atoms with Gasteiger partial charge >= 0.3 is 0 Å². The molecule has 2 aromatic heterocycles. The summed E-state index contributed by atoms with van der Waals surface area (Å²) in [5, 5.41) is 0. The molecule has 0 N–H and O–H groups in total. The average Bonchev–Trinajstić information content (AvgIpc) is 2.75. The molecular weight excluding hydrogens is 358 g/mol. The molecule has 0 unspecified atom stereocenters. The van der Waals surface area contributed by atoms with Crippen molar-refractivity contribution in [3.8, 4) is 0 Å². The first kappa shape index (κ1) is 18.6. The number of carbonyl (C=O) groups excluding carboxylic acids is 2. The van der Waals surface area contributed by atoms with Crippen molar-refractivity contribution in [2.75, 3.05) is 45.8 Å². The molecule has 0 atom stereocenters. The van der Waals surface area contributed by atoms with Gasteiger partial charge in [0.05, 0.1) is 6.54 Å². The average molecular weight is 383 g/mol. The van der Waals surface area contributed by atoms with E-state index < -0.39 is 0 Å². The van der Waals surface area contributed by atoms with E-state index in [-0.39, 0.29) is 22.9 Å². The third kappa shape index (κ3) is 3.77. The van der Waals surface area contributed by atoms with Crippen molar-refractivity contribution >= 4 is 17.5 Å². The number of nitrogens with zero attached hydrogens (tertiary/aromatic N) is 5. The number of piperidine rings is 1. The summed E-state index contributed by atoms with van der Waals surface area (Å²) >= 11 is 0. The minimum absolute atomic E-state index is 0.0848. The van der Waals surface area contributed by atoms with Crippen molar-refractivity contribution in [1.29, 1.82) is 0 Å². The number of carbonyl (C=O) groups is 2. The molecule has 2 aromatic rings. The van der Waals surface area contributed by atoms with Crippen molar-refractivity contribution in [2.45, 2.75) is 19.3 Å². The lowest BCUT2D eigenvalue weighted by Gasteiger charge is -2.36. The lowest BCUT2D eigenvalue weighted by Crippen LogP contribution is -2.52. The Kier molecular flexibility index (Phi) is 5.38. The number of piperazine rings is 1. The van der Waals surface area contributed by atoms with Gasteiger partial charge in [-0.05, 0) is 31.4 Å². The molecule has 2 aliphatic rings. The quantitative estimate of drug-likeness (QED) is 0.770. The van der Waals surface area contributed by atoms with Gasteiger partial charge in [0, 0.05) is 51.7 Å². The van der Waals surface area contributed by atoms with Crippen LogP contribution >= 0.6 is 0 Å². The first-order valence-electron chi connectivity index (χ1n) is 9.89. The zero-order chi connectivity index (χ0) is 19.5. The van der Waals surface area contributed by atoms with Gasteiger partial charge in [0.15, 0.2) is 0 Å². The minimum Gasteiger partial charge on any atom is -0.342 e. The third-order valence-electron chi connectivity index (χ3n) is 5.57. The van der Waals surface area contributed by atoms with Crippen LogP contribution in [0, 0.1) is 0 Å². The van der Waals surface area contributed by atoms with E-state index in [4.69, 9.17) is 0 Å². The van der Waals surface area contributed by atoms with Gasteiger partial charge < -0.3 is 9.80 Å². The zero-order valence-corrected chi connectivity index (χ0v) is 15.9. The molecular formula is C20H25N5O3. The fourth-order valence-electron chi connectivity index (χ4n) is 3.89. The molecule has 0 radical (unpaired) electrons. The molecule has 148 valence electrons. The fraction of sp³-hybridized carbons (Fsp3) is 0.500. The van der Waals surface area contributed by atoms with Crippen LogP contribution in [0.2, 0.25) is 0 Å². The van der Waals surface area contributed by atoms with Crippen LogP contribution in [0.15, 0.2) is 35.4 Å². The Balaban J connectivity index is 1.37. The molecule has 8 heteroatoms. The molecule has 0 spiro atoms. The van der Waals surface area contributed by atoms with Gasteiger partial charge in [0.1, 0.15) is 11.2 Å². The van der Waals surface area contributed by atoms with Crippen LogP contribution in [-0.2, 0) is 4.79 Å². The lowest BCUT2D eigenvalue weighted by atomic mass is 10.1. The SMILES string of the molecule is O=C(CN1CCN(C(=O)c2cnc3ccccn3c2=O)CC1)N1CCCCC1. The number of hydrogen-bond acceptors (Lipinski definition) is 5. The monoisotopic (exact) mass is 383 g/mol. The standard InChI is InChI=1S/C20H25N5O3/c26-18(23-7-3-1-4-8-23)15-22-10-12-24(13-11-22)19(27)16-14-21-17-6-2-5-9-25(17)20(16)28/h2,5-6,9,14H,1,3-4,7-8,10-13,15H2. The number of rotatable bonds is 3. The smallest absolute Gasteiger partial charge is 0.270 e. The number of likely N-dealkylation sites (tertiary alicyclic amines) is 1. The fourth-order valence-corrected chi connectivity index (χ4v) is 3.89. The Morgan fingerprint density at radius 3 is 2.43 bits per heavy atom. The highest BCUT2D eigenvalue weighted by atomic mass is 16.2. The van der Waals surface area contributed by atoms with E-state index in [1.165, 1.54) is 17.0 Å². The largest absolute Gasteiger partial charge is 0.342 e. The van der Waals surface area contributed by atoms with E-state index >= 15 is 0 Å². The normalized spacial score (nSPS) is 18.4. The Morgan fingerprint density at radius 1 is 0.929 bits per heavy atom. The molecule has 0 aliphatic carbocycles. The highest BCUT2D eigenvalue weighted by Gasteiger charge is 2.27. The summed E-state index contributed by atoms with van der Waals surface area (Å²) in [6.07, 6.45) is 6.36. The second-order valence-electron chi connectivity index (χ2n) is 7.42. The molecule has 2 saturated heterocycles. The topological polar surface area (TPSA) is 78.2 Å². The first-order valence-corrected chi connectivity index (χ1v) is 9.89. The molecule has 28 heavy (non-hydrogen) atoms. The van der Waals surface area contributed by atoms with Gasteiger partial charge in [0.2, 0.25) is 5.91 Å². The second-order valence-corrected chi connectivity index (χ2v) is 7.42. The maximum Gasteiger partial charge on any atom is 0.270 e. The van der Waals surface area contributed by atoms with Crippen LogP contribution in [0.3, 0.4) is 0 Å². The molecule has 4 rings (SSSR count). The molecule has 0 bridgehead atoms. The summed E-state index contributed by atoms with van der Waals surface area (Å²) in [7, 11) is 0.